The lowest BCUT2D eigenvalue weighted by atomic mass is 9.55. The van der Waals surface area contributed by atoms with E-state index in [0.717, 1.165) is 43.0 Å². The lowest BCUT2D eigenvalue weighted by molar-refractivity contribution is -0.0226. The van der Waals surface area contributed by atoms with Gasteiger partial charge in [-0.1, -0.05) is 13.0 Å². The molecule has 4 aliphatic rings. The minimum absolute atomic E-state index is 0.0618. The van der Waals surface area contributed by atoms with Crippen molar-refractivity contribution in [1.82, 2.24) is 0 Å². The molecule has 5 rings (SSSR count). The van der Waals surface area contributed by atoms with Gasteiger partial charge in [-0.15, -0.1) is 0 Å². The van der Waals surface area contributed by atoms with Crippen molar-refractivity contribution >= 4 is 0 Å². The van der Waals surface area contributed by atoms with Crippen molar-refractivity contribution in [2.45, 2.75) is 63.9 Å². The lowest BCUT2D eigenvalue weighted by Crippen LogP contribution is -2.43. The van der Waals surface area contributed by atoms with E-state index in [9.17, 15) is 5.11 Å². The number of rotatable bonds is 0. The van der Waals surface area contributed by atoms with Crippen LogP contribution in [0.5, 0.6) is 5.75 Å². The molecule has 2 nitrogen and oxygen atoms in total. The fraction of sp³-hybridized carbons (Fsp3) is 0.700. The molecule has 1 aromatic carbocycles. The van der Waals surface area contributed by atoms with Gasteiger partial charge in [0, 0.05) is 6.42 Å². The Hall–Kier alpha value is -1.02. The van der Waals surface area contributed by atoms with Crippen molar-refractivity contribution in [1.29, 1.82) is 0 Å². The van der Waals surface area contributed by atoms with E-state index in [2.05, 4.69) is 19.1 Å². The Morgan fingerprint density at radius 3 is 2.91 bits per heavy atom. The van der Waals surface area contributed by atoms with E-state index in [0.29, 0.717) is 0 Å². The van der Waals surface area contributed by atoms with Gasteiger partial charge in [0.05, 0.1) is 12.7 Å². The molecule has 118 valence electrons. The standard InChI is InChI=1S/C20H26O2/c1-20-8-6-14-15(17(20)4-5-19(20)21)3-2-12-11-18-13(7-9-22-18)10-16(12)14/h10-11,14-15,17,19,21H,2-9H2,1H3/t14-,15+,17-,19+,20-/m0/s1. The van der Waals surface area contributed by atoms with Crippen LogP contribution in [0.15, 0.2) is 12.1 Å². The molecule has 0 aromatic heterocycles. The van der Waals surface area contributed by atoms with Crippen LogP contribution < -0.4 is 4.74 Å². The van der Waals surface area contributed by atoms with Gasteiger partial charge in [-0.3, -0.25) is 0 Å². The average Bonchev–Trinajstić information content (AvgIpc) is 3.09. The molecule has 0 unspecified atom stereocenters. The van der Waals surface area contributed by atoms with Gasteiger partial charge in [0.15, 0.2) is 0 Å². The first-order valence-corrected chi connectivity index (χ1v) is 9.13. The van der Waals surface area contributed by atoms with E-state index < -0.39 is 0 Å². The van der Waals surface area contributed by atoms with Crippen LogP contribution in [0.4, 0.5) is 0 Å². The van der Waals surface area contributed by atoms with Crippen molar-refractivity contribution in [3.05, 3.63) is 28.8 Å². The van der Waals surface area contributed by atoms with E-state index in [4.69, 9.17) is 4.74 Å². The zero-order chi connectivity index (χ0) is 14.9. The third-order valence-corrected chi connectivity index (χ3v) is 7.48. The van der Waals surface area contributed by atoms with Crippen molar-refractivity contribution in [3.8, 4) is 5.75 Å². The van der Waals surface area contributed by atoms with E-state index in [-0.39, 0.29) is 11.5 Å². The molecular formula is C20H26O2. The highest BCUT2D eigenvalue weighted by Crippen LogP contribution is 2.61. The first-order chi connectivity index (χ1) is 10.7. The summed E-state index contributed by atoms with van der Waals surface area (Å²) in [5.41, 5.74) is 4.80. The van der Waals surface area contributed by atoms with Crippen LogP contribution in [0.2, 0.25) is 0 Å². The number of hydrogen-bond acceptors (Lipinski definition) is 2. The summed E-state index contributed by atoms with van der Waals surface area (Å²) in [6.45, 7) is 3.22. The molecule has 0 bridgehead atoms. The monoisotopic (exact) mass is 298 g/mol. The van der Waals surface area contributed by atoms with Crippen molar-refractivity contribution in [2.24, 2.45) is 17.3 Å². The molecule has 2 heteroatoms. The normalized spacial score (nSPS) is 42.1. The highest BCUT2D eigenvalue weighted by Gasteiger charge is 2.54. The highest BCUT2D eigenvalue weighted by molar-refractivity contribution is 5.47. The summed E-state index contributed by atoms with van der Waals surface area (Å²) < 4.78 is 5.77. The lowest BCUT2D eigenvalue weighted by Gasteiger charge is -2.50. The van der Waals surface area contributed by atoms with Gasteiger partial charge in [-0.25, -0.2) is 0 Å². The Morgan fingerprint density at radius 2 is 2.00 bits per heavy atom. The minimum Gasteiger partial charge on any atom is -0.493 e. The highest BCUT2D eigenvalue weighted by atomic mass is 16.5. The zero-order valence-corrected chi connectivity index (χ0v) is 13.5. The second-order valence-electron chi connectivity index (χ2n) is 8.31. The topological polar surface area (TPSA) is 29.5 Å². The summed E-state index contributed by atoms with van der Waals surface area (Å²) in [6.07, 6.45) is 8.26. The summed E-state index contributed by atoms with van der Waals surface area (Å²) in [7, 11) is 0. The van der Waals surface area contributed by atoms with Gasteiger partial charge in [-0.2, -0.15) is 0 Å². The van der Waals surface area contributed by atoms with Crippen molar-refractivity contribution in [2.75, 3.05) is 6.61 Å². The Bertz CT molecular complexity index is 622. The number of ether oxygens (including phenoxy) is 1. The fourth-order valence-corrected chi connectivity index (χ4v) is 6.22. The molecule has 22 heavy (non-hydrogen) atoms. The average molecular weight is 298 g/mol. The molecule has 2 fully saturated rings. The summed E-state index contributed by atoms with van der Waals surface area (Å²) >= 11 is 0. The first-order valence-electron chi connectivity index (χ1n) is 9.13. The third-order valence-electron chi connectivity index (χ3n) is 7.48. The Morgan fingerprint density at radius 1 is 1.09 bits per heavy atom. The quantitative estimate of drug-likeness (QED) is 0.788. The number of aryl methyl sites for hydroxylation is 1. The van der Waals surface area contributed by atoms with Crippen LogP contribution in [0.25, 0.3) is 0 Å². The maximum Gasteiger partial charge on any atom is 0.122 e. The van der Waals surface area contributed by atoms with Gasteiger partial charge >= 0.3 is 0 Å². The predicted octanol–water partition coefficient (Wildman–Crippen LogP) is 3.84. The number of fused-ring (bicyclic) bond motifs is 6. The maximum absolute atomic E-state index is 10.5. The van der Waals surface area contributed by atoms with Crippen molar-refractivity contribution < 1.29 is 9.84 Å². The Labute approximate surface area is 132 Å². The molecule has 0 radical (unpaired) electrons. The second kappa shape index (κ2) is 4.50. The van der Waals surface area contributed by atoms with Crippen LogP contribution in [0, 0.1) is 17.3 Å². The van der Waals surface area contributed by atoms with Gasteiger partial charge in [0.1, 0.15) is 5.75 Å². The van der Waals surface area contributed by atoms with Gasteiger partial charge in [-0.05, 0) is 84.5 Å². The fourth-order valence-electron chi connectivity index (χ4n) is 6.22. The number of benzene rings is 1. The van der Waals surface area contributed by atoms with Crippen LogP contribution in [0.3, 0.4) is 0 Å². The molecular weight excluding hydrogens is 272 g/mol. The molecule has 0 saturated heterocycles. The van der Waals surface area contributed by atoms with E-state index in [1.54, 1.807) is 11.1 Å². The molecule has 1 N–H and O–H groups in total. The smallest absolute Gasteiger partial charge is 0.122 e. The van der Waals surface area contributed by atoms with Gasteiger partial charge in [0.25, 0.3) is 0 Å². The molecule has 0 amide bonds. The molecule has 1 aliphatic heterocycles. The summed E-state index contributed by atoms with van der Waals surface area (Å²) in [4.78, 5) is 0. The third kappa shape index (κ3) is 1.65. The number of hydrogen-bond donors (Lipinski definition) is 1. The first kappa shape index (κ1) is 13.4. The second-order valence-corrected chi connectivity index (χ2v) is 8.31. The summed E-state index contributed by atoms with van der Waals surface area (Å²) in [6, 6.07) is 4.81. The van der Waals surface area contributed by atoms with Crippen LogP contribution in [-0.4, -0.2) is 17.8 Å². The predicted molar refractivity (Wildman–Crippen MR) is 86.3 cm³/mol. The van der Waals surface area contributed by atoms with E-state index in [1.165, 1.54) is 37.7 Å². The summed E-state index contributed by atoms with van der Waals surface area (Å²) in [5.74, 6) is 3.41. The molecule has 1 aromatic rings. The molecule has 0 spiro atoms. The van der Waals surface area contributed by atoms with E-state index >= 15 is 0 Å². The van der Waals surface area contributed by atoms with Gasteiger partial charge < -0.3 is 9.84 Å². The number of aliphatic hydroxyl groups is 1. The van der Waals surface area contributed by atoms with Gasteiger partial charge in [0.2, 0.25) is 0 Å². The van der Waals surface area contributed by atoms with Crippen LogP contribution in [0.1, 0.15) is 61.6 Å². The van der Waals surface area contributed by atoms with Crippen molar-refractivity contribution in [3.63, 3.8) is 0 Å². The molecule has 2 saturated carbocycles. The minimum atomic E-state index is -0.0618. The number of aliphatic hydroxyl groups excluding tert-OH is 1. The Kier molecular flexibility index (Phi) is 2.75. The van der Waals surface area contributed by atoms with Crippen LogP contribution in [-0.2, 0) is 12.8 Å². The van der Waals surface area contributed by atoms with Crippen LogP contribution >= 0.6 is 0 Å². The molecule has 5 atom stereocenters. The SMILES string of the molecule is C[C@]12CC[C@@H]3c4cc5c(cc4CC[C@H]3[C@@H]1CC[C@H]2O)OCC5. The summed E-state index contributed by atoms with van der Waals surface area (Å²) in [5, 5.41) is 10.5. The zero-order valence-electron chi connectivity index (χ0n) is 13.5. The largest absolute Gasteiger partial charge is 0.493 e. The molecule has 3 aliphatic carbocycles. The maximum atomic E-state index is 10.5. The van der Waals surface area contributed by atoms with E-state index in [1.807, 2.05) is 0 Å². The molecule has 1 heterocycles. The Balaban J connectivity index is 1.54.